The molecule has 5 aromatic rings. The van der Waals surface area contributed by atoms with Crippen LogP contribution in [0.15, 0.2) is 83.4 Å². The second kappa shape index (κ2) is 6.06. The van der Waals surface area contributed by atoms with Gasteiger partial charge in [0.2, 0.25) is 5.69 Å². The molecule has 0 unspecified atom stereocenters. The van der Waals surface area contributed by atoms with E-state index >= 15 is 0 Å². The molecule has 130 valence electrons. The molecular formula is C24H19N2O+. The Morgan fingerprint density at radius 2 is 1.67 bits per heavy atom. The van der Waals surface area contributed by atoms with Crippen LogP contribution in [0.4, 0.5) is 0 Å². The van der Waals surface area contributed by atoms with Crippen LogP contribution in [0.3, 0.4) is 0 Å². The molecule has 0 N–H and O–H groups in total. The minimum Gasteiger partial charge on any atom is -0.455 e. The van der Waals surface area contributed by atoms with Gasteiger partial charge in [0.1, 0.15) is 11.2 Å². The van der Waals surface area contributed by atoms with Crippen molar-refractivity contribution >= 4 is 21.9 Å². The molecule has 0 spiro atoms. The van der Waals surface area contributed by atoms with Crippen LogP contribution < -0.4 is 4.68 Å². The van der Waals surface area contributed by atoms with Gasteiger partial charge >= 0.3 is 0 Å². The lowest BCUT2D eigenvalue weighted by atomic mass is 9.97. The van der Waals surface area contributed by atoms with E-state index in [0.717, 1.165) is 38.8 Å². The largest absolute Gasteiger partial charge is 0.455 e. The van der Waals surface area contributed by atoms with Crippen molar-refractivity contribution in [3.63, 3.8) is 0 Å². The lowest BCUT2D eigenvalue weighted by Crippen LogP contribution is -2.35. The number of hydrogen-bond donors (Lipinski definition) is 0. The summed E-state index contributed by atoms with van der Waals surface area (Å²) in [6.45, 7) is 2.14. The van der Waals surface area contributed by atoms with Gasteiger partial charge in [-0.2, -0.15) is 0 Å². The topological polar surface area (TPSA) is 29.9 Å². The second-order valence-corrected chi connectivity index (χ2v) is 6.84. The first-order valence-electron chi connectivity index (χ1n) is 9.05. The van der Waals surface area contributed by atoms with Crippen molar-refractivity contribution in [3.8, 4) is 22.4 Å². The molecule has 5 rings (SSSR count). The Morgan fingerprint density at radius 1 is 0.815 bits per heavy atom. The molecule has 3 aromatic carbocycles. The normalized spacial score (nSPS) is 11.3. The fourth-order valence-corrected chi connectivity index (χ4v) is 3.80. The van der Waals surface area contributed by atoms with E-state index < -0.39 is 0 Å². The maximum absolute atomic E-state index is 6.20. The molecule has 0 atom stereocenters. The van der Waals surface area contributed by atoms with Crippen LogP contribution in [0.1, 0.15) is 5.56 Å². The van der Waals surface area contributed by atoms with Crippen molar-refractivity contribution < 1.29 is 9.10 Å². The number of benzene rings is 3. The first-order chi connectivity index (χ1) is 13.2. The number of nitrogens with zero attached hydrogens (tertiary/aromatic N) is 2. The number of aromatic nitrogens is 2. The number of furan rings is 1. The molecule has 27 heavy (non-hydrogen) atoms. The van der Waals surface area contributed by atoms with Crippen molar-refractivity contribution in [2.75, 3.05) is 0 Å². The summed E-state index contributed by atoms with van der Waals surface area (Å²) in [6, 6.07) is 25.2. The summed E-state index contributed by atoms with van der Waals surface area (Å²) in [6.07, 6.45) is 1.80. The number of para-hydroxylation sites is 2. The van der Waals surface area contributed by atoms with Crippen LogP contribution in [0.25, 0.3) is 44.3 Å². The van der Waals surface area contributed by atoms with Gasteiger partial charge in [0.15, 0.2) is 7.05 Å². The van der Waals surface area contributed by atoms with E-state index in [0.29, 0.717) is 0 Å². The van der Waals surface area contributed by atoms with Gasteiger partial charge in [0.05, 0.1) is 11.8 Å². The third-order valence-electron chi connectivity index (χ3n) is 5.15. The highest BCUT2D eigenvalue weighted by atomic mass is 16.3. The Morgan fingerprint density at radius 3 is 2.52 bits per heavy atom. The van der Waals surface area contributed by atoms with Gasteiger partial charge in [-0.25, -0.2) is 0 Å². The van der Waals surface area contributed by atoms with Crippen molar-refractivity contribution in [2.45, 2.75) is 6.92 Å². The van der Waals surface area contributed by atoms with E-state index in [4.69, 9.17) is 4.42 Å². The summed E-state index contributed by atoms with van der Waals surface area (Å²) in [4.78, 5) is 0. The molecule has 2 aromatic heterocycles. The zero-order valence-corrected chi connectivity index (χ0v) is 15.3. The van der Waals surface area contributed by atoms with E-state index in [1.165, 1.54) is 11.1 Å². The van der Waals surface area contributed by atoms with Crippen molar-refractivity contribution in [3.05, 3.63) is 84.6 Å². The molecule has 0 fully saturated rings. The number of rotatable bonds is 2. The van der Waals surface area contributed by atoms with Crippen LogP contribution in [0.5, 0.6) is 0 Å². The lowest BCUT2D eigenvalue weighted by Gasteiger charge is -2.08. The third-order valence-corrected chi connectivity index (χ3v) is 5.15. The molecule has 2 heterocycles. The third kappa shape index (κ3) is 2.51. The Bertz CT molecular complexity index is 1300. The van der Waals surface area contributed by atoms with Crippen LogP contribution in [-0.2, 0) is 7.05 Å². The second-order valence-electron chi connectivity index (χ2n) is 6.84. The van der Waals surface area contributed by atoms with Crippen molar-refractivity contribution in [1.29, 1.82) is 0 Å². The maximum Gasteiger partial charge on any atom is 0.239 e. The summed E-state index contributed by atoms with van der Waals surface area (Å²) < 4.78 is 8.10. The van der Waals surface area contributed by atoms with Gasteiger partial charge in [0.25, 0.3) is 0 Å². The standard InChI is InChI=1S/C24H19N2O/c1-16-15-17(12-13-18(16)22-10-6-14-25-26(22)2)19-8-5-9-21-20-7-3-4-11-23(20)27-24(19)21/h3-15H,1-2H3/q+1. The van der Waals surface area contributed by atoms with Crippen molar-refractivity contribution in [2.24, 2.45) is 7.05 Å². The smallest absolute Gasteiger partial charge is 0.239 e. The molecule has 0 saturated heterocycles. The zero-order valence-electron chi connectivity index (χ0n) is 15.3. The highest BCUT2D eigenvalue weighted by molar-refractivity contribution is 6.09. The van der Waals surface area contributed by atoms with E-state index in [-0.39, 0.29) is 0 Å². The summed E-state index contributed by atoms with van der Waals surface area (Å²) in [5.74, 6) is 0. The Hall–Kier alpha value is -3.46. The van der Waals surface area contributed by atoms with Gasteiger partial charge in [-0.3, -0.25) is 0 Å². The Balaban J connectivity index is 1.70. The Labute approximate surface area is 157 Å². The molecule has 0 aliphatic heterocycles. The van der Waals surface area contributed by atoms with Crippen LogP contribution in [-0.4, -0.2) is 5.10 Å². The molecule has 0 aliphatic rings. The summed E-state index contributed by atoms with van der Waals surface area (Å²) in [5, 5.41) is 6.66. The molecule has 0 radical (unpaired) electrons. The monoisotopic (exact) mass is 351 g/mol. The molecule has 3 nitrogen and oxygen atoms in total. The predicted molar refractivity (Wildman–Crippen MR) is 108 cm³/mol. The minimum atomic E-state index is 0.927. The zero-order chi connectivity index (χ0) is 18.4. The van der Waals surface area contributed by atoms with E-state index in [2.05, 4.69) is 66.6 Å². The van der Waals surface area contributed by atoms with Gasteiger partial charge in [-0.15, -0.1) is 0 Å². The maximum atomic E-state index is 6.20. The van der Waals surface area contributed by atoms with E-state index in [9.17, 15) is 0 Å². The number of fused-ring (bicyclic) bond motifs is 3. The lowest BCUT2D eigenvalue weighted by molar-refractivity contribution is -0.720. The minimum absolute atomic E-state index is 0.927. The van der Waals surface area contributed by atoms with Gasteiger partial charge in [-0.05, 0) is 41.3 Å². The van der Waals surface area contributed by atoms with Crippen LogP contribution in [0.2, 0.25) is 0 Å². The summed E-state index contributed by atoms with van der Waals surface area (Å²) in [5.41, 5.74) is 7.65. The molecule has 0 bridgehead atoms. The summed E-state index contributed by atoms with van der Waals surface area (Å²) >= 11 is 0. The molecule has 0 amide bonds. The van der Waals surface area contributed by atoms with Crippen LogP contribution in [0, 0.1) is 6.92 Å². The number of hydrogen-bond acceptors (Lipinski definition) is 2. The van der Waals surface area contributed by atoms with Crippen LogP contribution >= 0.6 is 0 Å². The highest BCUT2D eigenvalue weighted by Crippen LogP contribution is 2.36. The quantitative estimate of drug-likeness (QED) is 0.396. The van der Waals surface area contributed by atoms with Gasteiger partial charge in [0, 0.05) is 22.4 Å². The SMILES string of the molecule is Cc1cc(-c2cccc3c2oc2ccccc23)ccc1-c1cccn[n+]1C. The first-order valence-corrected chi connectivity index (χ1v) is 9.05. The fraction of sp³-hybridized carbons (Fsp3) is 0.0833. The van der Waals surface area contributed by atoms with E-state index in [1.54, 1.807) is 6.20 Å². The van der Waals surface area contributed by atoms with E-state index in [1.807, 2.05) is 29.9 Å². The fourth-order valence-electron chi connectivity index (χ4n) is 3.80. The molecule has 0 saturated carbocycles. The summed E-state index contributed by atoms with van der Waals surface area (Å²) in [7, 11) is 1.97. The van der Waals surface area contributed by atoms with Gasteiger partial charge < -0.3 is 4.42 Å². The van der Waals surface area contributed by atoms with Gasteiger partial charge in [-0.1, -0.05) is 53.2 Å². The molecule has 0 aliphatic carbocycles. The molecule has 3 heteroatoms. The average molecular weight is 351 g/mol. The molecular weight excluding hydrogens is 332 g/mol. The number of aryl methyl sites for hydroxylation is 2. The Kier molecular flexibility index (Phi) is 3.54. The highest BCUT2D eigenvalue weighted by Gasteiger charge is 2.16. The van der Waals surface area contributed by atoms with Crippen molar-refractivity contribution in [1.82, 2.24) is 5.10 Å². The first kappa shape index (κ1) is 15.8. The average Bonchev–Trinajstić information content (AvgIpc) is 3.07. The predicted octanol–water partition coefficient (Wildman–Crippen LogP) is 5.45.